The third-order valence-electron chi connectivity index (χ3n) is 3.61. The van der Waals surface area contributed by atoms with Crippen molar-refractivity contribution in [3.05, 3.63) is 59.9 Å². The van der Waals surface area contributed by atoms with Crippen LogP contribution in [0.25, 0.3) is 0 Å². The number of benzene rings is 1. The first-order valence-corrected chi connectivity index (χ1v) is 8.47. The van der Waals surface area contributed by atoms with Crippen LogP contribution in [-0.4, -0.2) is 23.7 Å². The molecule has 1 aromatic carbocycles. The Morgan fingerprint density at radius 1 is 1.23 bits per heavy atom. The van der Waals surface area contributed by atoms with Gasteiger partial charge in [-0.05, 0) is 36.6 Å². The lowest BCUT2D eigenvalue weighted by molar-refractivity contribution is 0.398. The maximum atomic E-state index is 13.0. The summed E-state index contributed by atoms with van der Waals surface area (Å²) in [6, 6.07) is 11.9. The van der Waals surface area contributed by atoms with Gasteiger partial charge in [0.15, 0.2) is 0 Å². The highest BCUT2D eigenvalue weighted by Gasteiger charge is 2.38. The van der Waals surface area contributed by atoms with Crippen molar-refractivity contribution in [2.45, 2.75) is 30.3 Å². The summed E-state index contributed by atoms with van der Waals surface area (Å²) in [5.74, 6) is 0. The highest BCUT2D eigenvalue weighted by molar-refractivity contribution is 7.89. The Balaban J connectivity index is 1.99. The molecule has 1 aliphatic rings. The molecule has 0 unspecified atom stereocenters. The molecular formula is C16H15N3O2S. The molecule has 1 heterocycles. The van der Waals surface area contributed by atoms with Crippen LogP contribution in [0.2, 0.25) is 0 Å². The molecule has 5 nitrogen and oxygen atoms in total. The second-order valence-corrected chi connectivity index (χ2v) is 7.11. The molecule has 0 spiro atoms. The van der Waals surface area contributed by atoms with E-state index < -0.39 is 10.0 Å². The Morgan fingerprint density at radius 3 is 2.64 bits per heavy atom. The smallest absolute Gasteiger partial charge is 0.244 e. The Hall–Kier alpha value is -2.23. The molecular weight excluding hydrogens is 298 g/mol. The maximum absolute atomic E-state index is 13.0. The van der Waals surface area contributed by atoms with E-state index in [2.05, 4.69) is 4.98 Å². The first-order chi connectivity index (χ1) is 10.6. The quantitative estimate of drug-likeness (QED) is 0.849. The van der Waals surface area contributed by atoms with E-state index in [-0.39, 0.29) is 23.0 Å². The lowest BCUT2D eigenvalue weighted by Gasteiger charge is -2.22. The van der Waals surface area contributed by atoms with Gasteiger partial charge < -0.3 is 0 Å². The zero-order valence-electron chi connectivity index (χ0n) is 11.9. The lowest BCUT2D eigenvalue weighted by atomic mass is 10.2. The Morgan fingerprint density at radius 2 is 2.00 bits per heavy atom. The predicted molar refractivity (Wildman–Crippen MR) is 81.1 cm³/mol. The van der Waals surface area contributed by atoms with Gasteiger partial charge in [0.05, 0.1) is 10.5 Å². The molecule has 0 N–H and O–H groups in total. The topological polar surface area (TPSA) is 74.1 Å². The van der Waals surface area contributed by atoms with E-state index in [0.717, 1.165) is 18.4 Å². The maximum Gasteiger partial charge on any atom is 0.244 e. The number of hydrogen-bond acceptors (Lipinski definition) is 4. The van der Waals surface area contributed by atoms with Crippen molar-refractivity contribution in [2.24, 2.45) is 0 Å². The van der Waals surface area contributed by atoms with E-state index in [4.69, 9.17) is 5.26 Å². The molecule has 0 radical (unpaired) electrons. The predicted octanol–water partition coefficient (Wildman–Crippen LogP) is 2.31. The van der Waals surface area contributed by atoms with E-state index in [1.807, 2.05) is 12.1 Å². The second-order valence-electron chi connectivity index (χ2n) is 5.25. The zero-order chi connectivity index (χ0) is 15.6. The molecule has 2 aromatic rings. The van der Waals surface area contributed by atoms with Gasteiger partial charge in [-0.2, -0.15) is 9.57 Å². The van der Waals surface area contributed by atoms with Crippen molar-refractivity contribution in [3.63, 3.8) is 0 Å². The third-order valence-corrected chi connectivity index (χ3v) is 5.57. The van der Waals surface area contributed by atoms with Crippen molar-refractivity contribution >= 4 is 10.0 Å². The van der Waals surface area contributed by atoms with Crippen molar-refractivity contribution < 1.29 is 8.42 Å². The molecule has 1 aliphatic carbocycles. The highest BCUT2D eigenvalue weighted by Crippen LogP contribution is 2.34. The fraction of sp³-hybridized carbons (Fsp3) is 0.250. The Kier molecular flexibility index (Phi) is 3.92. The number of nitrogens with zero attached hydrogens (tertiary/aromatic N) is 3. The summed E-state index contributed by atoms with van der Waals surface area (Å²) in [6.45, 7) is 0.278. The van der Waals surface area contributed by atoms with Crippen molar-refractivity contribution in [3.8, 4) is 6.07 Å². The SMILES string of the molecule is N#Cc1ccccc1S(=O)(=O)N(Cc1cccnc1)C1CC1. The molecule has 3 rings (SSSR count). The molecule has 1 aromatic heterocycles. The Bertz CT molecular complexity index is 809. The van der Waals surface area contributed by atoms with Crippen LogP contribution in [0.15, 0.2) is 53.7 Å². The minimum absolute atomic E-state index is 0.0111. The molecule has 0 bridgehead atoms. The van der Waals surface area contributed by atoms with Crippen LogP contribution in [-0.2, 0) is 16.6 Å². The summed E-state index contributed by atoms with van der Waals surface area (Å²) in [5, 5.41) is 9.16. The molecule has 1 fully saturated rings. The van der Waals surface area contributed by atoms with Crippen LogP contribution >= 0.6 is 0 Å². The molecule has 0 amide bonds. The van der Waals surface area contributed by atoms with Crippen LogP contribution in [0.1, 0.15) is 24.0 Å². The minimum Gasteiger partial charge on any atom is -0.264 e. The molecule has 0 atom stereocenters. The normalized spacial score (nSPS) is 14.7. The first-order valence-electron chi connectivity index (χ1n) is 7.03. The molecule has 0 saturated heterocycles. The zero-order valence-corrected chi connectivity index (χ0v) is 12.7. The van der Waals surface area contributed by atoms with Gasteiger partial charge >= 0.3 is 0 Å². The lowest BCUT2D eigenvalue weighted by Crippen LogP contribution is -2.33. The van der Waals surface area contributed by atoms with Crippen LogP contribution < -0.4 is 0 Å². The van der Waals surface area contributed by atoms with E-state index in [1.54, 1.807) is 30.6 Å². The molecule has 6 heteroatoms. The number of nitriles is 1. The van der Waals surface area contributed by atoms with Gasteiger partial charge in [0.2, 0.25) is 10.0 Å². The van der Waals surface area contributed by atoms with Crippen molar-refractivity contribution in [2.75, 3.05) is 0 Å². The molecule has 112 valence electrons. The highest BCUT2D eigenvalue weighted by atomic mass is 32.2. The number of rotatable bonds is 5. The fourth-order valence-corrected chi connectivity index (χ4v) is 4.17. The summed E-state index contributed by atoms with van der Waals surface area (Å²) < 4.78 is 27.4. The largest absolute Gasteiger partial charge is 0.264 e. The fourth-order valence-electron chi connectivity index (χ4n) is 2.35. The summed E-state index contributed by atoms with van der Waals surface area (Å²) in [7, 11) is -3.70. The number of pyridine rings is 1. The van der Waals surface area contributed by atoms with E-state index in [9.17, 15) is 8.42 Å². The van der Waals surface area contributed by atoms with Gasteiger partial charge in [-0.1, -0.05) is 18.2 Å². The molecule has 1 saturated carbocycles. The van der Waals surface area contributed by atoms with Crippen molar-refractivity contribution in [1.29, 1.82) is 5.26 Å². The first kappa shape index (κ1) is 14.7. The molecule has 22 heavy (non-hydrogen) atoms. The average molecular weight is 313 g/mol. The van der Waals surface area contributed by atoms with Crippen LogP contribution in [0, 0.1) is 11.3 Å². The summed E-state index contributed by atoms with van der Waals surface area (Å²) in [4.78, 5) is 4.11. The minimum atomic E-state index is -3.70. The van der Waals surface area contributed by atoms with Crippen LogP contribution in [0.5, 0.6) is 0 Å². The molecule has 0 aliphatic heterocycles. The van der Waals surface area contributed by atoms with Gasteiger partial charge in [-0.25, -0.2) is 8.42 Å². The summed E-state index contributed by atoms with van der Waals surface area (Å²) >= 11 is 0. The average Bonchev–Trinajstić information content (AvgIpc) is 3.38. The van der Waals surface area contributed by atoms with E-state index >= 15 is 0 Å². The van der Waals surface area contributed by atoms with Crippen LogP contribution in [0.3, 0.4) is 0 Å². The Labute approximate surface area is 129 Å². The van der Waals surface area contributed by atoms with Crippen LogP contribution in [0.4, 0.5) is 0 Å². The van der Waals surface area contributed by atoms with Gasteiger partial charge in [-0.15, -0.1) is 0 Å². The van der Waals surface area contributed by atoms with Crippen molar-refractivity contribution in [1.82, 2.24) is 9.29 Å². The van der Waals surface area contributed by atoms with Gasteiger partial charge in [0.25, 0.3) is 0 Å². The van der Waals surface area contributed by atoms with Gasteiger partial charge in [-0.3, -0.25) is 4.98 Å². The number of sulfonamides is 1. The third kappa shape index (κ3) is 2.86. The summed E-state index contributed by atoms with van der Waals surface area (Å²) in [5.41, 5.74) is 1.02. The second kappa shape index (κ2) is 5.87. The standard InChI is InChI=1S/C16H15N3O2S/c17-10-14-5-1-2-6-16(14)22(20,21)19(15-7-8-15)12-13-4-3-9-18-11-13/h1-6,9,11,15H,7-8,12H2. The summed E-state index contributed by atoms with van der Waals surface area (Å²) in [6.07, 6.45) is 5.04. The number of hydrogen-bond donors (Lipinski definition) is 0. The van der Waals surface area contributed by atoms with Gasteiger partial charge in [0, 0.05) is 25.0 Å². The monoisotopic (exact) mass is 313 g/mol. The van der Waals surface area contributed by atoms with E-state index in [0.29, 0.717) is 0 Å². The van der Waals surface area contributed by atoms with Gasteiger partial charge in [0.1, 0.15) is 6.07 Å². The van der Waals surface area contributed by atoms with E-state index in [1.165, 1.54) is 16.4 Å². The number of aromatic nitrogens is 1.